The van der Waals surface area contributed by atoms with Crippen LogP contribution in [0.2, 0.25) is 0 Å². The molecule has 0 saturated heterocycles. The SMILES string of the molecule is Cc1cc(C)c2c(c1)c(CCCNC(C)C)c(C)n2C. The van der Waals surface area contributed by atoms with E-state index in [1.807, 2.05) is 0 Å². The van der Waals surface area contributed by atoms with Crippen molar-refractivity contribution in [3.05, 3.63) is 34.5 Å². The maximum atomic E-state index is 3.51. The van der Waals surface area contributed by atoms with Crippen molar-refractivity contribution in [2.45, 2.75) is 53.5 Å². The molecule has 1 heterocycles. The lowest BCUT2D eigenvalue weighted by Gasteiger charge is -2.08. The van der Waals surface area contributed by atoms with E-state index in [0.717, 1.165) is 13.0 Å². The fourth-order valence-electron chi connectivity index (χ4n) is 3.17. The van der Waals surface area contributed by atoms with Crippen LogP contribution in [0.5, 0.6) is 0 Å². The number of benzene rings is 1. The number of rotatable bonds is 5. The van der Waals surface area contributed by atoms with Crippen LogP contribution in [0.3, 0.4) is 0 Å². The smallest absolute Gasteiger partial charge is 0.0512 e. The van der Waals surface area contributed by atoms with Gasteiger partial charge in [-0.05, 0) is 57.4 Å². The van der Waals surface area contributed by atoms with Crippen LogP contribution in [-0.4, -0.2) is 17.2 Å². The second-order valence-corrected chi connectivity index (χ2v) is 6.31. The van der Waals surface area contributed by atoms with Crippen LogP contribution >= 0.6 is 0 Å². The van der Waals surface area contributed by atoms with Gasteiger partial charge in [-0.2, -0.15) is 0 Å². The number of aromatic nitrogens is 1. The molecule has 110 valence electrons. The first-order chi connectivity index (χ1) is 9.41. The van der Waals surface area contributed by atoms with E-state index >= 15 is 0 Å². The van der Waals surface area contributed by atoms with Crippen molar-refractivity contribution in [2.75, 3.05) is 6.54 Å². The highest BCUT2D eigenvalue weighted by Gasteiger charge is 2.13. The van der Waals surface area contributed by atoms with Crippen molar-refractivity contribution >= 4 is 10.9 Å². The largest absolute Gasteiger partial charge is 0.347 e. The van der Waals surface area contributed by atoms with E-state index < -0.39 is 0 Å². The van der Waals surface area contributed by atoms with E-state index in [-0.39, 0.29) is 0 Å². The molecule has 0 aliphatic heterocycles. The van der Waals surface area contributed by atoms with E-state index in [0.29, 0.717) is 6.04 Å². The summed E-state index contributed by atoms with van der Waals surface area (Å²) in [5, 5.41) is 4.96. The number of fused-ring (bicyclic) bond motifs is 1. The maximum Gasteiger partial charge on any atom is 0.0512 e. The number of hydrogen-bond acceptors (Lipinski definition) is 1. The normalized spacial score (nSPS) is 11.8. The molecule has 0 aliphatic rings. The van der Waals surface area contributed by atoms with Gasteiger partial charge in [0, 0.05) is 24.2 Å². The van der Waals surface area contributed by atoms with Crippen LogP contribution in [0.1, 0.15) is 42.7 Å². The summed E-state index contributed by atoms with van der Waals surface area (Å²) in [4.78, 5) is 0. The Morgan fingerprint density at radius 3 is 2.50 bits per heavy atom. The molecule has 0 unspecified atom stereocenters. The molecule has 2 rings (SSSR count). The summed E-state index contributed by atoms with van der Waals surface area (Å²) in [6.07, 6.45) is 2.36. The zero-order chi connectivity index (χ0) is 14.9. The lowest BCUT2D eigenvalue weighted by Crippen LogP contribution is -2.23. The molecule has 0 fully saturated rings. The zero-order valence-corrected chi connectivity index (χ0v) is 13.8. The van der Waals surface area contributed by atoms with Gasteiger partial charge < -0.3 is 9.88 Å². The standard InChI is InChI=1S/C18H28N2/c1-12(2)19-9-7-8-16-15(5)20(6)18-14(4)10-13(3)11-17(16)18/h10-12,19H,7-9H2,1-6H3. The summed E-state index contributed by atoms with van der Waals surface area (Å²) in [6, 6.07) is 5.21. The van der Waals surface area contributed by atoms with E-state index in [4.69, 9.17) is 0 Å². The van der Waals surface area contributed by atoms with Crippen molar-refractivity contribution < 1.29 is 0 Å². The minimum absolute atomic E-state index is 0.577. The average Bonchev–Trinajstić information content (AvgIpc) is 2.58. The highest BCUT2D eigenvalue weighted by atomic mass is 14.9. The lowest BCUT2D eigenvalue weighted by atomic mass is 10.0. The van der Waals surface area contributed by atoms with Gasteiger partial charge in [0.15, 0.2) is 0 Å². The van der Waals surface area contributed by atoms with Crippen LogP contribution < -0.4 is 5.32 Å². The molecular weight excluding hydrogens is 244 g/mol. The van der Waals surface area contributed by atoms with Gasteiger partial charge in [0.25, 0.3) is 0 Å². The van der Waals surface area contributed by atoms with Gasteiger partial charge in [0.05, 0.1) is 5.52 Å². The van der Waals surface area contributed by atoms with E-state index in [1.165, 1.54) is 39.7 Å². The van der Waals surface area contributed by atoms with Gasteiger partial charge in [-0.3, -0.25) is 0 Å². The minimum atomic E-state index is 0.577. The van der Waals surface area contributed by atoms with Crippen molar-refractivity contribution in [1.82, 2.24) is 9.88 Å². The molecular formula is C18H28N2. The monoisotopic (exact) mass is 272 g/mol. The quantitative estimate of drug-likeness (QED) is 0.813. The molecule has 1 aromatic carbocycles. The van der Waals surface area contributed by atoms with Crippen LogP contribution in [0.15, 0.2) is 12.1 Å². The molecule has 0 amide bonds. The highest BCUT2D eigenvalue weighted by molar-refractivity contribution is 5.88. The molecule has 0 atom stereocenters. The number of nitrogens with one attached hydrogen (secondary N) is 1. The van der Waals surface area contributed by atoms with Crippen LogP contribution in [0.4, 0.5) is 0 Å². The Morgan fingerprint density at radius 2 is 1.85 bits per heavy atom. The average molecular weight is 272 g/mol. The number of hydrogen-bond donors (Lipinski definition) is 1. The van der Waals surface area contributed by atoms with Crippen LogP contribution in [-0.2, 0) is 13.5 Å². The Kier molecular flexibility index (Phi) is 4.54. The summed E-state index contributed by atoms with van der Waals surface area (Å²) in [5.74, 6) is 0. The second kappa shape index (κ2) is 6.01. The molecule has 2 nitrogen and oxygen atoms in total. The van der Waals surface area contributed by atoms with Gasteiger partial charge in [0.2, 0.25) is 0 Å². The third-order valence-corrected chi connectivity index (χ3v) is 4.20. The van der Waals surface area contributed by atoms with Crippen molar-refractivity contribution in [1.29, 1.82) is 0 Å². The van der Waals surface area contributed by atoms with Crippen LogP contribution in [0.25, 0.3) is 10.9 Å². The van der Waals surface area contributed by atoms with Crippen molar-refractivity contribution in [3.8, 4) is 0 Å². The molecule has 2 heteroatoms. The third-order valence-electron chi connectivity index (χ3n) is 4.20. The zero-order valence-electron chi connectivity index (χ0n) is 13.8. The molecule has 0 bridgehead atoms. The third kappa shape index (κ3) is 2.90. The van der Waals surface area contributed by atoms with Gasteiger partial charge in [-0.15, -0.1) is 0 Å². The summed E-state index contributed by atoms with van der Waals surface area (Å²) >= 11 is 0. The van der Waals surface area contributed by atoms with E-state index in [1.54, 1.807) is 0 Å². The first-order valence-electron chi connectivity index (χ1n) is 7.70. The number of aryl methyl sites for hydroxylation is 4. The summed E-state index contributed by atoms with van der Waals surface area (Å²) in [7, 11) is 2.19. The first-order valence-corrected chi connectivity index (χ1v) is 7.70. The molecule has 1 N–H and O–H groups in total. The Hall–Kier alpha value is -1.28. The molecule has 0 saturated carbocycles. The molecule has 20 heavy (non-hydrogen) atoms. The maximum absolute atomic E-state index is 3.51. The van der Waals surface area contributed by atoms with E-state index in [2.05, 4.69) is 63.7 Å². The van der Waals surface area contributed by atoms with Crippen molar-refractivity contribution in [2.24, 2.45) is 7.05 Å². The topological polar surface area (TPSA) is 17.0 Å². The first kappa shape index (κ1) is 15.1. The lowest BCUT2D eigenvalue weighted by molar-refractivity contribution is 0.570. The summed E-state index contributed by atoms with van der Waals surface area (Å²) < 4.78 is 2.36. The Bertz CT molecular complexity index is 606. The molecule has 0 radical (unpaired) electrons. The van der Waals surface area contributed by atoms with Crippen LogP contribution in [0, 0.1) is 20.8 Å². The summed E-state index contributed by atoms with van der Waals surface area (Å²) in [5.41, 5.74) is 7.09. The predicted molar refractivity (Wildman–Crippen MR) is 88.6 cm³/mol. The number of nitrogens with zero attached hydrogens (tertiary/aromatic N) is 1. The Morgan fingerprint density at radius 1 is 1.15 bits per heavy atom. The molecule has 0 spiro atoms. The molecule has 1 aromatic heterocycles. The van der Waals surface area contributed by atoms with Gasteiger partial charge >= 0.3 is 0 Å². The van der Waals surface area contributed by atoms with Crippen molar-refractivity contribution in [3.63, 3.8) is 0 Å². The van der Waals surface area contributed by atoms with Gasteiger partial charge in [0.1, 0.15) is 0 Å². The molecule has 2 aromatic rings. The fraction of sp³-hybridized carbons (Fsp3) is 0.556. The molecule has 0 aliphatic carbocycles. The Labute approximate surface area is 123 Å². The van der Waals surface area contributed by atoms with E-state index in [9.17, 15) is 0 Å². The highest BCUT2D eigenvalue weighted by Crippen LogP contribution is 2.29. The van der Waals surface area contributed by atoms with Gasteiger partial charge in [-0.25, -0.2) is 0 Å². The van der Waals surface area contributed by atoms with Gasteiger partial charge in [-0.1, -0.05) is 25.5 Å². The predicted octanol–water partition coefficient (Wildman–Crippen LogP) is 4.03. The second-order valence-electron chi connectivity index (χ2n) is 6.31. The fourth-order valence-corrected chi connectivity index (χ4v) is 3.17. The summed E-state index contributed by atoms with van der Waals surface area (Å²) in [6.45, 7) is 12.2. The minimum Gasteiger partial charge on any atom is -0.347 e. The Balaban J connectivity index is 2.31.